The summed E-state index contributed by atoms with van der Waals surface area (Å²) in [7, 11) is 0. The number of nitrogens with one attached hydrogen (secondary N) is 1. The lowest BCUT2D eigenvalue weighted by molar-refractivity contribution is -0.384. The van der Waals surface area contributed by atoms with Gasteiger partial charge in [0.25, 0.3) is 11.6 Å². The molecular formula is C16H15IN8O3. The molecule has 28 heavy (non-hydrogen) atoms. The molecule has 2 aromatic heterocycles. The number of nitrogens with two attached hydrogens (primary N) is 1. The van der Waals surface area contributed by atoms with Gasteiger partial charge in [-0.3, -0.25) is 14.9 Å². The van der Waals surface area contributed by atoms with E-state index in [1.807, 2.05) is 0 Å². The molecule has 0 saturated carbocycles. The zero-order valence-electron chi connectivity index (χ0n) is 14.7. The number of nitrogens with zero attached hydrogens (tertiary/aromatic N) is 6. The van der Waals surface area contributed by atoms with Crippen molar-refractivity contribution >= 4 is 40.0 Å². The van der Waals surface area contributed by atoms with Crippen LogP contribution in [0.25, 0.3) is 0 Å². The number of carbonyl (C=O) groups is 1. The van der Waals surface area contributed by atoms with Gasteiger partial charge in [0, 0.05) is 29.5 Å². The van der Waals surface area contributed by atoms with Crippen LogP contribution in [0.5, 0.6) is 0 Å². The average molecular weight is 494 g/mol. The van der Waals surface area contributed by atoms with Crippen LogP contribution in [0, 0.1) is 20.7 Å². The van der Waals surface area contributed by atoms with E-state index in [-0.39, 0.29) is 18.1 Å². The lowest BCUT2D eigenvalue weighted by Gasteiger charge is -2.06. The quantitative estimate of drug-likeness (QED) is 0.297. The summed E-state index contributed by atoms with van der Waals surface area (Å²) in [5.41, 5.74) is 7.45. The molecule has 0 bridgehead atoms. The van der Waals surface area contributed by atoms with Gasteiger partial charge in [0.05, 0.1) is 18.0 Å². The Morgan fingerprint density at radius 3 is 2.71 bits per heavy atom. The summed E-state index contributed by atoms with van der Waals surface area (Å²) in [5.74, 6) is 0.604. The van der Waals surface area contributed by atoms with Crippen LogP contribution in [0.1, 0.15) is 27.4 Å². The molecule has 0 atom stereocenters. The Hall–Kier alpha value is -3.16. The van der Waals surface area contributed by atoms with Crippen LogP contribution in [0.15, 0.2) is 30.5 Å². The number of anilines is 1. The average Bonchev–Trinajstić information content (AvgIpc) is 3.01. The van der Waals surface area contributed by atoms with E-state index in [4.69, 9.17) is 5.73 Å². The fraction of sp³-hybridized carbons (Fsp3) is 0.188. The maximum atomic E-state index is 12.2. The molecule has 0 fully saturated rings. The van der Waals surface area contributed by atoms with Crippen molar-refractivity contribution in [2.75, 3.05) is 5.73 Å². The summed E-state index contributed by atoms with van der Waals surface area (Å²) < 4.78 is 2.37. The number of halogens is 1. The third-order valence-electron chi connectivity index (χ3n) is 3.83. The number of benzene rings is 1. The summed E-state index contributed by atoms with van der Waals surface area (Å²) in [4.78, 5) is 30.6. The molecule has 0 aliphatic carbocycles. The predicted octanol–water partition coefficient (Wildman–Crippen LogP) is 1.45. The van der Waals surface area contributed by atoms with E-state index in [2.05, 4.69) is 48.2 Å². The molecule has 3 N–H and O–H groups in total. The molecule has 0 unspecified atom stereocenters. The lowest BCUT2D eigenvalue weighted by Crippen LogP contribution is -2.23. The molecule has 0 spiro atoms. The van der Waals surface area contributed by atoms with Gasteiger partial charge < -0.3 is 11.1 Å². The number of carbonyl (C=O) groups excluding carboxylic acids is 1. The molecule has 0 aliphatic rings. The Morgan fingerprint density at radius 2 is 2.07 bits per heavy atom. The van der Waals surface area contributed by atoms with E-state index >= 15 is 0 Å². The van der Waals surface area contributed by atoms with Crippen LogP contribution in [0.3, 0.4) is 0 Å². The van der Waals surface area contributed by atoms with Crippen molar-refractivity contribution < 1.29 is 9.72 Å². The molecule has 1 aromatic carbocycles. The highest BCUT2D eigenvalue weighted by atomic mass is 127. The van der Waals surface area contributed by atoms with Gasteiger partial charge in [-0.2, -0.15) is 0 Å². The first-order valence-electron chi connectivity index (χ1n) is 8.03. The van der Waals surface area contributed by atoms with E-state index in [1.165, 1.54) is 24.3 Å². The van der Waals surface area contributed by atoms with Gasteiger partial charge in [-0.05, 0) is 41.6 Å². The minimum Gasteiger partial charge on any atom is -0.383 e. The van der Waals surface area contributed by atoms with E-state index in [0.29, 0.717) is 29.4 Å². The van der Waals surface area contributed by atoms with Crippen molar-refractivity contribution in [2.24, 2.45) is 0 Å². The maximum Gasteiger partial charge on any atom is 0.269 e. The van der Waals surface area contributed by atoms with Gasteiger partial charge in [-0.25, -0.2) is 14.6 Å². The Kier molecular flexibility index (Phi) is 5.77. The zero-order valence-corrected chi connectivity index (χ0v) is 16.8. The number of nitro groups is 1. The number of nitrogen functional groups attached to an aromatic ring is 1. The first-order valence-corrected chi connectivity index (χ1v) is 9.11. The summed E-state index contributed by atoms with van der Waals surface area (Å²) in [6.45, 7) is 2.27. The second-order valence-corrected chi connectivity index (χ2v) is 6.82. The summed E-state index contributed by atoms with van der Waals surface area (Å²) in [5, 5.41) is 21.6. The second kappa shape index (κ2) is 8.24. The third-order valence-corrected chi connectivity index (χ3v) is 5.01. The topological polar surface area (TPSA) is 155 Å². The Labute approximate surface area is 172 Å². The van der Waals surface area contributed by atoms with E-state index < -0.39 is 4.92 Å². The zero-order chi connectivity index (χ0) is 20.3. The normalized spacial score (nSPS) is 10.6. The monoisotopic (exact) mass is 494 g/mol. The summed E-state index contributed by atoms with van der Waals surface area (Å²) in [6, 6.07) is 5.36. The smallest absolute Gasteiger partial charge is 0.269 e. The van der Waals surface area contributed by atoms with E-state index in [1.54, 1.807) is 17.8 Å². The molecule has 0 radical (unpaired) electrons. The van der Waals surface area contributed by atoms with Crippen molar-refractivity contribution in [3.63, 3.8) is 0 Å². The number of nitro benzene ring substituents is 1. The lowest BCUT2D eigenvalue weighted by atomic mass is 10.2. The van der Waals surface area contributed by atoms with Crippen LogP contribution in [0.2, 0.25) is 0 Å². The highest BCUT2D eigenvalue weighted by Crippen LogP contribution is 2.15. The number of hydrogen-bond donors (Lipinski definition) is 2. The Balaban J connectivity index is 1.65. The molecule has 144 valence electrons. The van der Waals surface area contributed by atoms with Crippen LogP contribution in [-0.4, -0.2) is 35.8 Å². The third kappa shape index (κ3) is 4.39. The largest absolute Gasteiger partial charge is 0.383 e. The van der Waals surface area contributed by atoms with Crippen LogP contribution >= 0.6 is 22.6 Å². The minimum atomic E-state index is -0.520. The second-order valence-electron chi connectivity index (χ2n) is 5.80. The summed E-state index contributed by atoms with van der Waals surface area (Å²) >= 11 is 2.08. The number of aryl methyl sites for hydroxylation is 1. The highest BCUT2D eigenvalue weighted by Gasteiger charge is 2.14. The van der Waals surface area contributed by atoms with Gasteiger partial charge in [-0.1, -0.05) is 5.21 Å². The van der Waals surface area contributed by atoms with Gasteiger partial charge >= 0.3 is 0 Å². The number of non-ortho nitro benzene ring substituents is 1. The van der Waals surface area contributed by atoms with Crippen molar-refractivity contribution in [1.29, 1.82) is 0 Å². The predicted molar refractivity (Wildman–Crippen MR) is 107 cm³/mol. The molecule has 3 aromatic rings. The Morgan fingerprint density at radius 1 is 1.36 bits per heavy atom. The molecule has 0 saturated heterocycles. The molecular weight excluding hydrogens is 479 g/mol. The van der Waals surface area contributed by atoms with Crippen molar-refractivity contribution in [3.8, 4) is 0 Å². The van der Waals surface area contributed by atoms with Crippen LogP contribution in [-0.2, 0) is 13.1 Å². The fourth-order valence-electron chi connectivity index (χ4n) is 2.34. The van der Waals surface area contributed by atoms with Crippen molar-refractivity contribution in [1.82, 2.24) is 30.3 Å². The highest BCUT2D eigenvalue weighted by molar-refractivity contribution is 14.1. The molecule has 1 amide bonds. The standard InChI is InChI=1S/C16H15IN8O3/c1-9-19-6-11(15(18)21-9)8-24-14(17)13(22-23-24)7-20-16(26)10-2-4-12(5-3-10)25(27)28/h2-6H,7-8H2,1H3,(H,20,26)(H2,18,19,21). The van der Waals surface area contributed by atoms with Gasteiger partial charge in [0.1, 0.15) is 21.0 Å². The van der Waals surface area contributed by atoms with Crippen LogP contribution in [0.4, 0.5) is 11.5 Å². The van der Waals surface area contributed by atoms with E-state index in [9.17, 15) is 14.9 Å². The molecule has 12 heteroatoms. The number of amides is 1. The molecule has 2 heterocycles. The minimum absolute atomic E-state index is 0.0756. The van der Waals surface area contributed by atoms with Crippen molar-refractivity contribution in [3.05, 3.63) is 66.9 Å². The molecule has 0 aliphatic heterocycles. The first-order chi connectivity index (χ1) is 13.3. The molecule has 11 nitrogen and oxygen atoms in total. The van der Waals surface area contributed by atoms with Gasteiger partial charge in [0.15, 0.2) is 0 Å². The number of aromatic nitrogens is 5. The van der Waals surface area contributed by atoms with E-state index in [0.717, 1.165) is 9.26 Å². The van der Waals surface area contributed by atoms with Gasteiger partial charge in [0.2, 0.25) is 0 Å². The first kappa shape index (κ1) is 19.6. The summed E-state index contributed by atoms with van der Waals surface area (Å²) in [6.07, 6.45) is 1.64. The maximum absolute atomic E-state index is 12.2. The van der Waals surface area contributed by atoms with Crippen molar-refractivity contribution in [2.45, 2.75) is 20.0 Å². The number of hydrogen-bond acceptors (Lipinski definition) is 8. The van der Waals surface area contributed by atoms with Crippen LogP contribution < -0.4 is 11.1 Å². The fourth-order valence-corrected chi connectivity index (χ4v) is 2.91. The SMILES string of the molecule is Cc1ncc(Cn2nnc(CNC(=O)c3ccc([N+](=O)[O-])cc3)c2I)c(N)n1. The Bertz CT molecular complexity index is 1030. The van der Waals surface area contributed by atoms with Gasteiger partial charge in [-0.15, -0.1) is 5.10 Å². The molecule has 3 rings (SSSR count). The number of rotatable bonds is 6.